The molecular formula is C26H34N2O3. The molecule has 31 heavy (non-hydrogen) atoms. The van der Waals surface area contributed by atoms with Crippen molar-refractivity contribution in [3.63, 3.8) is 0 Å². The molecule has 5 heteroatoms. The molecule has 2 aromatic carbocycles. The van der Waals surface area contributed by atoms with Gasteiger partial charge < -0.3 is 15.0 Å². The highest BCUT2D eigenvalue weighted by Crippen LogP contribution is 2.18. The number of methoxy groups -OCH3 is 1. The van der Waals surface area contributed by atoms with Crippen LogP contribution in [0, 0.1) is 0 Å². The Kier molecular flexibility index (Phi) is 8.51. The van der Waals surface area contributed by atoms with Crippen LogP contribution in [-0.4, -0.2) is 42.5 Å². The summed E-state index contributed by atoms with van der Waals surface area (Å²) < 4.78 is 5.20. The van der Waals surface area contributed by atoms with E-state index in [9.17, 15) is 9.59 Å². The van der Waals surface area contributed by atoms with Gasteiger partial charge in [-0.2, -0.15) is 0 Å². The number of rotatable bonds is 9. The summed E-state index contributed by atoms with van der Waals surface area (Å²) in [6, 6.07) is 17.3. The highest BCUT2D eigenvalue weighted by atomic mass is 16.5. The van der Waals surface area contributed by atoms with E-state index in [-0.39, 0.29) is 24.3 Å². The molecule has 1 atom stereocenters. The summed E-state index contributed by atoms with van der Waals surface area (Å²) in [7, 11) is 1.62. The van der Waals surface area contributed by atoms with Crippen LogP contribution in [0.15, 0.2) is 54.6 Å². The van der Waals surface area contributed by atoms with E-state index < -0.39 is 6.04 Å². The number of nitrogens with zero attached hydrogens (tertiary/aromatic N) is 1. The first-order valence-electron chi connectivity index (χ1n) is 11.3. The van der Waals surface area contributed by atoms with Gasteiger partial charge in [0.15, 0.2) is 0 Å². The first-order valence-corrected chi connectivity index (χ1v) is 11.3. The molecule has 0 bridgehead atoms. The number of carbonyl (C=O) groups excluding carboxylic acids is 2. The highest BCUT2D eigenvalue weighted by molar-refractivity contribution is 5.88. The molecule has 0 radical (unpaired) electrons. The molecule has 1 saturated carbocycles. The number of benzene rings is 2. The molecular weight excluding hydrogens is 388 g/mol. The molecule has 2 aromatic rings. The van der Waals surface area contributed by atoms with Gasteiger partial charge in [-0.1, -0.05) is 61.7 Å². The average molecular weight is 423 g/mol. The van der Waals surface area contributed by atoms with Crippen molar-refractivity contribution in [2.75, 3.05) is 13.7 Å². The van der Waals surface area contributed by atoms with Gasteiger partial charge in [0.2, 0.25) is 11.8 Å². The maximum atomic E-state index is 13.2. The van der Waals surface area contributed by atoms with Crippen LogP contribution in [-0.2, 0) is 22.4 Å². The van der Waals surface area contributed by atoms with Crippen LogP contribution in [0.25, 0.3) is 0 Å². The number of ether oxygens (including phenoxy) is 1. The zero-order valence-corrected chi connectivity index (χ0v) is 18.7. The molecule has 0 aromatic heterocycles. The zero-order chi connectivity index (χ0) is 22.1. The minimum absolute atomic E-state index is 0.0348. The highest BCUT2D eigenvalue weighted by Gasteiger charge is 2.27. The topological polar surface area (TPSA) is 58.6 Å². The first-order chi connectivity index (χ1) is 15.1. The molecule has 166 valence electrons. The van der Waals surface area contributed by atoms with Gasteiger partial charge in [-0.05, 0) is 49.4 Å². The third kappa shape index (κ3) is 6.84. The van der Waals surface area contributed by atoms with Crippen molar-refractivity contribution in [2.24, 2.45) is 0 Å². The molecule has 1 aliphatic carbocycles. The van der Waals surface area contributed by atoms with Crippen LogP contribution in [0.5, 0.6) is 5.75 Å². The minimum atomic E-state index is -0.503. The van der Waals surface area contributed by atoms with Crippen molar-refractivity contribution in [3.8, 4) is 5.75 Å². The van der Waals surface area contributed by atoms with Gasteiger partial charge in [0.05, 0.1) is 13.5 Å². The Bertz CT molecular complexity index is 829. The summed E-state index contributed by atoms with van der Waals surface area (Å²) in [4.78, 5) is 28.0. The van der Waals surface area contributed by atoms with Crippen molar-refractivity contribution in [1.29, 1.82) is 0 Å². The fraction of sp³-hybridized carbons (Fsp3) is 0.462. The van der Waals surface area contributed by atoms with E-state index in [4.69, 9.17) is 4.74 Å². The standard InChI is InChI=1S/C26H34N2O3/c1-20(26(30)27-23-11-7-4-8-12-23)28(18-17-21-9-5-3-6-10-21)25(29)19-22-13-15-24(31-2)16-14-22/h3,5-6,9-10,13-16,20,23H,4,7-8,11-12,17-19H2,1-2H3,(H,27,30)/t20-/m1/s1. The van der Waals surface area contributed by atoms with Crippen molar-refractivity contribution >= 4 is 11.8 Å². The van der Waals surface area contributed by atoms with Crippen LogP contribution in [0.3, 0.4) is 0 Å². The first kappa shape index (κ1) is 22.9. The Morgan fingerprint density at radius 2 is 1.68 bits per heavy atom. The quantitative estimate of drug-likeness (QED) is 0.661. The van der Waals surface area contributed by atoms with Crippen molar-refractivity contribution in [2.45, 2.75) is 64.0 Å². The second kappa shape index (κ2) is 11.5. The van der Waals surface area contributed by atoms with E-state index in [1.165, 1.54) is 6.42 Å². The second-order valence-corrected chi connectivity index (χ2v) is 8.37. The lowest BCUT2D eigenvalue weighted by Crippen LogP contribution is -2.51. The zero-order valence-electron chi connectivity index (χ0n) is 18.7. The van der Waals surface area contributed by atoms with Gasteiger partial charge >= 0.3 is 0 Å². The Morgan fingerprint density at radius 1 is 1.00 bits per heavy atom. The van der Waals surface area contributed by atoms with E-state index in [1.54, 1.807) is 12.0 Å². The van der Waals surface area contributed by atoms with Crippen LogP contribution < -0.4 is 10.1 Å². The summed E-state index contributed by atoms with van der Waals surface area (Å²) in [5.74, 6) is 0.674. The minimum Gasteiger partial charge on any atom is -0.497 e. The number of carbonyl (C=O) groups is 2. The molecule has 0 spiro atoms. The van der Waals surface area contributed by atoms with Gasteiger partial charge in [0.1, 0.15) is 11.8 Å². The Labute approximate surface area is 185 Å². The van der Waals surface area contributed by atoms with E-state index >= 15 is 0 Å². The third-order valence-electron chi connectivity index (χ3n) is 6.12. The Hall–Kier alpha value is -2.82. The van der Waals surface area contributed by atoms with E-state index in [2.05, 4.69) is 17.4 Å². The SMILES string of the molecule is COc1ccc(CC(=O)N(CCc2ccccc2)[C@H](C)C(=O)NC2CCCCC2)cc1. The second-order valence-electron chi connectivity index (χ2n) is 8.37. The maximum Gasteiger partial charge on any atom is 0.242 e. The molecule has 1 aliphatic rings. The molecule has 0 unspecified atom stereocenters. The van der Waals surface area contributed by atoms with Crippen molar-refractivity contribution < 1.29 is 14.3 Å². The van der Waals surface area contributed by atoms with Gasteiger partial charge in [-0.3, -0.25) is 9.59 Å². The van der Waals surface area contributed by atoms with Gasteiger partial charge in [0, 0.05) is 12.6 Å². The van der Waals surface area contributed by atoms with Crippen LogP contribution in [0.4, 0.5) is 0 Å². The molecule has 2 amide bonds. The monoisotopic (exact) mass is 422 g/mol. The van der Waals surface area contributed by atoms with Crippen molar-refractivity contribution in [3.05, 3.63) is 65.7 Å². The summed E-state index contributed by atoms with van der Waals surface area (Å²) in [5.41, 5.74) is 2.07. The number of hydrogen-bond acceptors (Lipinski definition) is 3. The predicted octanol–water partition coefficient (Wildman–Crippen LogP) is 4.15. The average Bonchev–Trinajstić information content (AvgIpc) is 2.81. The lowest BCUT2D eigenvalue weighted by Gasteiger charge is -2.31. The number of hydrogen-bond donors (Lipinski definition) is 1. The number of amides is 2. The molecule has 5 nitrogen and oxygen atoms in total. The summed E-state index contributed by atoms with van der Waals surface area (Å²) >= 11 is 0. The van der Waals surface area contributed by atoms with Crippen LogP contribution >= 0.6 is 0 Å². The maximum absolute atomic E-state index is 13.2. The smallest absolute Gasteiger partial charge is 0.242 e. The Morgan fingerprint density at radius 3 is 2.32 bits per heavy atom. The van der Waals surface area contributed by atoms with Gasteiger partial charge in [0.25, 0.3) is 0 Å². The van der Waals surface area contributed by atoms with E-state index in [1.807, 2.05) is 49.4 Å². The number of nitrogens with one attached hydrogen (secondary N) is 1. The molecule has 1 fully saturated rings. The summed E-state index contributed by atoms with van der Waals surface area (Å²) in [6.07, 6.45) is 6.60. The normalized spacial score (nSPS) is 15.2. The van der Waals surface area contributed by atoms with Crippen LogP contribution in [0.1, 0.15) is 50.2 Å². The molecule has 0 heterocycles. The molecule has 1 N–H and O–H groups in total. The fourth-order valence-corrected chi connectivity index (χ4v) is 4.16. The van der Waals surface area contributed by atoms with Gasteiger partial charge in [-0.25, -0.2) is 0 Å². The lowest BCUT2D eigenvalue weighted by atomic mass is 9.95. The van der Waals surface area contributed by atoms with Crippen LogP contribution in [0.2, 0.25) is 0 Å². The van der Waals surface area contributed by atoms with Crippen molar-refractivity contribution in [1.82, 2.24) is 10.2 Å². The van der Waals surface area contributed by atoms with Gasteiger partial charge in [-0.15, -0.1) is 0 Å². The lowest BCUT2D eigenvalue weighted by molar-refractivity contribution is -0.139. The third-order valence-corrected chi connectivity index (χ3v) is 6.12. The Balaban J connectivity index is 1.68. The largest absolute Gasteiger partial charge is 0.497 e. The molecule has 0 aliphatic heterocycles. The van der Waals surface area contributed by atoms with E-state index in [0.717, 1.165) is 49.0 Å². The summed E-state index contributed by atoms with van der Waals surface area (Å²) in [6.45, 7) is 2.35. The summed E-state index contributed by atoms with van der Waals surface area (Å²) in [5, 5.41) is 3.18. The molecule has 3 rings (SSSR count). The van der Waals surface area contributed by atoms with E-state index in [0.29, 0.717) is 6.54 Å². The predicted molar refractivity (Wildman–Crippen MR) is 123 cm³/mol. The molecule has 0 saturated heterocycles. The fourth-order valence-electron chi connectivity index (χ4n) is 4.16.